The molecule has 0 aliphatic heterocycles. The van der Waals surface area contributed by atoms with Crippen LogP contribution in [0.5, 0.6) is 0 Å². The van der Waals surface area contributed by atoms with Crippen molar-refractivity contribution < 1.29 is 19.3 Å². The van der Waals surface area contributed by atoms with Gasteiger partial charge in [-0.05, 0) is 42.9 Å². The first kappa shape index (κ1) is 14.3. The third kappa shape index (κ3) is 3.47. The average Bonchev–Trinajstić information content (AvgIpc) is 2.48. The van der Waals surface area contributed by atoms with Crippen LogP contribution in [-0.4, -0.2) is 22.4 Å². The zero-order chi connectivity index (χ0) is 15.4. The molecule has 1 aromatic carbocycles. The lowest BCUT2D eigenvalue weighted by Gasteiger charge is -2.03. The number of benzene rings is 1. The number of nitrogens with zero attached hydrogens (tertiary/aromatic N) is 2. The molecule has 1 aliphatic carbocycles. The minimum atomic E-state index is -0.742. The van der Waals surface area contributed by atoms with E-state index >= 15 is 0 Å². The number of rotatable bonds is 3. The molecule has 106 valence electrons. The maximum Gasteiger partial charge on any atom is 0.365 e. The van der Waals surface area contributed by atoms with Crippen molar-refractivity contribution in [3.05, 3.63) is 63.7 Å². The van der Waals surface area contributed by atoms with Crippen LogP contribution in [0.4, 0.5) is 5.69 Å². The standard InChI is InChI=1S/C14H10N2O5/c1-9-8-11(4-7-13(9)17)15-21-14(18)10-2-5-12(6-3-10)16(19)20/h2-8H,1H3/b15-11-. The highest BCUT2D eigenvalue weighted by Crippen LogP contribution is 2.13. The molecule has 0 aromatic heterocycles. The van der Waals surface area contributed by atoms with Crippen LogP contribution in [0.3, 0.4) is 0 Å². The van der Waals surface area contributed by atoms with Gasteiger partial charge in [0.1, 0.15) is 5.71 Å². The number of non-ortho nitro benzene ring substituents is 1. The van der Waals surface area contributed by atoms with Crippen molar-refractivity contribution >= 4 is 23.2 Å². The van der Waals surface area contributed by atoms with Crippen LogP contribution in [0.1, 0.15) is 17.3 Å². The fourth-order valence-corrected chi connectivity index (χ4v) is 1.56. The summed E-state index contributed by atoms with van der Waals surface area (Å²) in [5, 5.41) is 14.1. The van der Waals surface area contributed by atoms with Gasteiger partial charge in [0.2, 0.25) is 0 Å². The van der Waals surface area contributed by atoms with Crippen molar-refractivity contribution in [1.29, 1.82) is 0 Å². The molecular formula is C14H10N2O5. The van der Waals surface area contributed by atoms with Crippen molar-refractivity contribution in [3.8, 4) is 0 Å². The SMILES string of the molecule is CC1=C/C(=N\OC(=O)c2ccc([N+](=O)[O-])cc2)C=CC1=O. The van der Waals surface area contributed by atoms with Gasteiger partial charge in [0.15, 0.2) is 5.78 Å². The Balaban J connectivity index is 2.07. The van der Waals surface area contributed by atoms with Gasteiger partial charge in [-0.25, -0.2) is 4.79 Å². The van der Waals surface area contributed by atoms with Gasteiger partial charge in [-0.1, -0.05) is 5.16 Å². The molecular weight excluding hydrogens is 276 g/mol. The Labute approximate surface area is 119 Å². The third-order valence-electron chi connectivity index (χ3n) is 2.71. The van der Waals surface area contributed by atoms with E-state index in [2.05, 4.69) is 5.16 Å². The second kappa shape index (κ2) is 5.91. The molecule has 7 nitrogen and oxygen atoms in total. The first-order chi connectivity index (χ1) is 9.97. The number of ketones is 1. The van der Waals surface area contributed by atoms with Crippen LogP contribution in [-0.2, 0) is 9.63 Å². The van der Waals surface area contributed by atoms with Gasteiger partial charge in [-0.15, -0.1) is 0 Å². The number of nitro groups is 1. The lowest BCUT2D eigenvalue weighted by Crippen LogP contribution is -2.07. The fraction of sp³-hybridized carbons (Fsp3) is 0.0714. The first-order valence-corrected chi connectivity index (χ1v) is 5.92. The van der Waals surface area contributed by atoms with Gasteiger partial charge in [0, 0.05) is 12.1 Å². The van der Waals surface area contributed by atoms with Crippen LogP contribution in [0.15, 0.2) is 53.2 Å². The normalized spacial score (nSPS) is 15.8. The van der Waals surface area contributed by atoms with Gasteiger partial charge in [-0.2, -0.15) is 0 Å². The maximum atomic E-state index is 11.7. The van der Waals surface area contributed by atoms with Gasteiger partial charge in [0.25, 0.3) is 5.69 Å². The van der Waals surface area contributed by atoms with E-state index in [1.54, 1.807) is 6.92 Å². The van der Waals surface area contributed by atoms with Crippen molar-refractivity contribution in [2.24, 2.45) is 5.16 Å². The fourth-order valence-electron chi connectivity index (χ4n) is 1.56. The molecule has 0 N–H and O–H groups in total. The molecule has 0 radical (unpaired) electrons. The smallest absolute Gasteiger partial charge is 0.312 e. The van der Waals surface area contributed by atoms with Crippen molar-refractivity contribution in [2.45, 2.75) is 6.92 Å². The molecule has 0 unspecified atom stereocenters. The molecule has 0 saturated heterocycles. The second-order valence-electron chi connectivity index (χ2n) is 4.22. The summed E-state index contributed by atoms with van der Waals surface area (Å²) in [5.74, 6) is -0.871. The van der Waals surface area contributed by atoms with Crippen LogP contribution in [0.25, 0.3) is 0 Å². The van der Waals surface area contributed by atoms with Crippen molar-refractivity contribution in [3.63, 3.8) is 0 Å². The molecule has 0 amide bonds. The zero-order valence-corrected chi connectivity index (χ0v) is 11.0. The number of carbonyl (C=O) groups excluding carboxylic acids is 2. The zero-order valence-electron chi connectivity index (χ0n) is 11.0. The quantitative estimate of drug-likeness (QED) is 0.367. The maximum absolute atomic E-state index is 11.7. The molecule has 0 bridgehead atoms. The van der Waals surface area contributed by atoms with E-state index in [0.717, 1.165) is 0 Å². The molecule has 1 aromatic rings. The predicted octanol–water partition coefficient (Wildman–Crippen LogP) is 2.19. The predicted molar refractivity (Wildman–Crippen MR) is 73.9 cm³/mol. The van der Waals surface area contributed by atoms with E-state index < -0.39 is 10.9 Å². The molecule has 7 heteroatoms. The summed E-state index contributed by atoms with van der Waals surface area (Å²) in [6, 6.07) is 4.96. The topological polar surface area (TPSA) is 98.9 Å². The Bertz CT molecular complexity index is 699. The summed E-state index contributed by atoms with van der Waals surface area (Å²) in [6.45, 7) is 1.62. The van der Waals surface area contributed by atoms with Crippen LogP contribution in [0.2, 0.25) is 0 Å². The minimum Gasteiger partial charge on any atom is -0.312 e. The second-order valence-corrected chi connectivity index (χ2v) is 4.22. The number of nitro benzene ring substituents is 1. The highest BCUT2D eigenvalue weighted by molar-refractivity contribution is 6.18. The Kier molecular flexibility index (Phi) is 4.03. The van der Waals surface area contributed by atoms with Crippen LogP contribution in [0, 0.1) is 10.1 Å². The lowest BCUT2D eigenvalue weighted by atomic mass is 10.1. The minimum absolute atomic E-state index is 0.120. The summed E-state index contributed by atoms with van der Waals surface area (Å²) in [5.41, 5.74) is 0.844. The summed E-state index contributed by atoms with van der Waals surface area (Å²) < 4.78 is 0. The number of hydrogen-bond acceptors (Lipinski definition) is 6. The third-order valence-corrected chi connectivity index (χ3v) is 2.71. The molecule has 2 rings (SSSR count). The van der Waals surface area contributed by atoms with E-state index in [1.165, 1.54) is 42.5 Å². The highest BCUT2D eigenvalue weighted by Gasteiger charge is 2.12. The van der Waals surface area contributed by atoms with Crippen molar-refractivity contribution in [1.82, 2.24) is 0 Å². The van der Waals surface area contributed by atoms with E-state index in [-0.39, 0.29) is 17.0 Å². The molecule has 21 heavy (non-hydrogen) atoms. The van der Waals surface area contributed by atoms with E-state index in [4.69, 9.17) is 4.84 Å². The Morgan fingerprint density at radius 2 is 1.90 bits per heavy atom. The molecule has 0 atom stereocenters. The highest BCUT2D eigenvalue weighted by atomic mass is 16.7. The van der Waals surface area contributed by atoms with E-state index in [1.807, 2.05) is 0 Å². The van der Waals surface area contributed by atoms with Crippen LogP contribution >= 0.6 is 0 Å². The number of allylic oxidation sites excluding steroid dienone is 4. The Hall–Kier alpha value is -3.09. The molecule has 0 saturated carbocycles. The number of oxime groups is 1. The monoisotopic (exact) mass is 286 g/mol. The average molecular weight is 286 g/mol. The Morgan fingerprint density at radius 1 is 1.24 bits per heavy atom. The largest absolute Gasteiger partial charge is 0.365 e. The van der Waals surface area contributed by atoms with Gasteiger partial charge < -0.3 is 4.84 Å². The van der Waals surface area contributed by atoms with Gasteiger partial charge in [0.05, 0.1) is 10.5 Å². The summed E-state index contributed by atoms with van der Waals surface area (Å²) in [4.78, 5) is 37.6. The summed E-state index contributed by atoms with van der Waals surface area (Å²) in [7, 11) is 0. The van der Waals surface area contributed by atoms with E-state index in [9.17, 15) is 19.7 Å². The van der Waals surface area contributed by atoms with E-state index in [0.29, 0.717) is 11.3 Å². The lowest BCUT2D eigenvalue weighted by molar-refractivity contribution is -0.384. The number of carbonyl (C=O) groups is 2. The first-order valence-electron chi connectivity index (χ1n) is 5.92. The molecule has 0 spiro atoms. The van der Waals surface area contributed by atoms with Gasteiger partial charge >= 0.3 is 5.97 Å². The van der Waals surface area contributed by atoms with Crippen molar-refractivity contribution in [2.75, 3.05) is 0 Å². The summed E-state index contributed by atoms with van der Waals surface area (Å²) >= 11 is 0. The Morgan fingerprint density at radius 3 is 2.48 bits per heavy atom. The van der Waals surface area contributed by atoms with Crippen LogP contribution < -0.4 is 0 Å². The van der Waals surface area contributed by atoms with Gasteiger partial charge in [-0.3, -0.25) is 14.9 Å². The molecule has 0 fully saturated rings. The molecule has 0 heterocycles. The summed E-state index contributed by atoms with van der Waals surface area (Å²) in [6.07, 6.45) is 4.25. The molecule has 1 aliphatic rings. The number of hydrogen-bond donors (Lipinski definition) is 0.